The van der Waals surface area contributed by atoms with Gasteiger partial charge in [-0.15, -0.1) is 0 Å². The standard InChI is InChI=1S/C21H25N3O3/c1-13(2)20(26)17-10-15-14(12-23-17)9-18(25)16(11-22)19(15)24-7-5-21(3,27-4)6-8-24/h10,12-13H,5-9H2,1-4H3. The molecule has 0 radical (unpaired) electrons. The van der Waals surface area contributed by atoms with Crippen molar-refractivity contribution in [3.05, 3.63) is 34.7 Å². The summed E-state index contributed by atoms with van der Waals surface area (Å²) in [6, 6.07) is 3.85. The molecule has 27 heavy (non-hydrogen) atoms. The Hall–Kier alpha value is -2.52. The van der Waals surface area contributed by atoms with Crippen molar-refractivity contribution >= 4 is 17.3 Å². The van der Waals surface area contributed by atoms with Crippen LogP contribution in [0.5, 0.6) is 0 Å². The van der Waals surface area contributed by atoms with E-state index >= 15 is 0 Å². The maximum absolute atomic E-state index is 12.5. The molecule has 0 spiro atoms. The molecular weight excluding hydrogens is 342 g/mol. The molecule has 1 saturated heterocycles. The van der Waals surface area contributed by atoms with Crippen LogP contribution in [0.3, 0.4) is 0 Å². The van der Waals surface area contributed by atoms with Gasteiger partial charge in [0.15, 0.2) is 11.6 Å². The Morgan fingerprint density at radius 3 is 2.59 bits per heavy atom. The summed E-state index contributed by atoms with van der Waals surface area (Å²) in [5.41, 5.74) is 2.56. The highest BCUT2D eigenvalue weighted by atomic mass is 16.5. The highest BCUT2D eigenvalue weighted by molar-refractivity contribution is 6.10. The molecule has 6 nitrogen and oxygen atoms in total. The zero-order valence-corrected chi connectivity index (χ0v) is 16.3. The number of hydrogen-bond acceptors (Lipinski definition) is 6. The minimum absolute atomic E-state index is 0.0434. The molecule has 1 aliphatic carbocycles. The molecule has 0 atom stereocenters. The highest BCUT2D eigenvalue weighted by Crippen LogP contribution is 2.36. The molecular formula is C21H25N3O3. The number of nitrogens with zero attached hydrogens (tertiary/aromatic N) is 3. The predicted molar refractivity (Wildman–Crippen MR) is 101 cm³/mol. The summed E-state index contributed by atoms with van der Waals surface area (Å²) in [4.78, 5) is 31.3. The Kier molecular flexibility index (Phi) is 5.16. The zero-order valence-electron chi connectivity index (χ0n) is 16.3. The second-order valence-corrected chi connectivity index (χ2v) is 7.82. The molecule has 0 aromatic carbocycles. The van der Waals surface area contributed by atoms with Gasteiger partial charge in [-0.3, -0.25) is 14.6 Å². The van der Waals surface area contributed by atoms with E-state index in [4.69, 9.17) is 4.74 Å². The lowest BCUT2D eigenvalue weighted by Crippen LogP contribution is -2.43. The Morgan fingerprint density at radius 1 is 1.37 bits per heavy atom. The monoisotopic (exact) mass is 367 g/mol. The van der Waals surface area contributed by atoms with Gasteiger partial charge in [-0.1, -0.05) is 13.8 Å². The molecule has 0 unspecified atom stereocenters. The lowest BCUT2D eigenvalue weighted by atomic mass is 9.86. The Labute approximate surface area is 159 Å². The minimum atomic E-state index is -0.192. The van der Waals surface area contributed by atoms with Crippen LogP contribution in [0.15, 0.2) is 17.8 Å². The molecule has 142 valence electrons. The fourth-order valence-electron chi connectivity index (χ4n) is 3.65. The average Bonchev–Trinajstić information content (AvgIpc) is 2.66. The predicted octanol–water partition coefficient (Wildman–Crippen LogP) is 2.78. The van der Waals surface area contributed by atoms with Crippen LogP contribution in [0.2, 0.25) is 0 Å². The number of aromatic nitrogens is 1. The number of carbonyl (C=O) groups is 2. The van der Waals surface area contributed by atoms with Crippen molar-refractivity contribution in [1.82, 2.24) is 9.88 Å². The van der Waals surface area contributed by atoms with Crippen LogP contribution in [0, 0.1) is 17.2 Å². The summed E-state index contributed by atoms with van der Waals surface area (Å²) < 4.78 is 5.61. The lowest BCUT2D eigenvalue weighted by molar-refractivity contribution is -0.114. The molecule has 0 N–H and O–H groups in total. The maximum Gasteiger partial charge on any atom is 0.183 e. The van der Waals surface area contributed by atoms with Gasteiger partial charge in [0.2, 0.25) is 0 Å². The SMILES string of the molecule is COC1(C)CCN(C2=C(C#N)C(=O)Cc3cnc(C(=O)C(C)C)cc32)CC1. The molecule has 2 aliphatic rings. The largest absolute Gasteiger partial charge is 0.378 e. The molecule has 1 aliphatic heterocycles. The first kappa shape index (κ1) is 19.2. The minimum Gasteiger partial charge on any atom is -0.378 e. The van der Waals surface area contributed by atoms with Crippen LogP contribution in [0.4, 0.5) is 0 Å². The number of methoxy groups -OCH3 is 1. The quantitative estimate of drug-likeness (QED) is 0.761. The molecule has 3 rings (SSSR count). The van der Waals surface area contributed by atoms with Crippen LogP contribution in [0.1, 0.15) is 55.2 Å². The number of allylic oxidation sites excluding steroid dienone is 1. The molecule has 6 heteroatoms. The first-order valence-electron chi connectivity index (χ1n) is 9.31. The van der Waals surface area contributed by atoms with Crippen molar-refractivity contribution in [2.24, 2.45) is 5.92 Å². The number of Topliss-reactive ketones (excluding diaryl/α,β-unsaturated/α-hetero) is 2. The second-order valence-electron chi connectivity index (χ2n) is 7.82. The van der Waals surface area contributed by atoms with Crippen molar-refractivity contribution in [2.45, 2.75) is 45.6 Å². The molecule has 1 aromatic heterocycles. The summed E-state index contributed by atoms with van der Waals surface area (Å²) in [6.07, 6.45) is 3.37. The molecule has 1 aromatic rings. The van der Waals surface area contributed by atoms with Gasteiger partial charge >= 0.3 is 0 Å². The van der Waals surface area contributed by atoms with Crippen LogP contribution in [-0.2, 0) is 16.0 Å². The molecule has 0 saturated carbocycles. The van der Waals surface area contributed by atoms with E-state index in [-0.39, 0.29) is 35.1 Å². The summed E-state index contributed by atoms with van der Waals surface area (Å²) in [6.45, 7) is 7.12. The van der Waals surface area contributed by atoms with Crippen LogP contribution in [0.25, 0.3) is 5.70 Å². The zero-order chi connectivity index (χ0) is 19.8. The molecule has 1 fully saturated rings. The first-order valence-corrected chi connectivity index (χ1v) is 9.31. The summed E-state index contributed by atoms with van der Waals surface area (Å²) >= 11 is 0. The molecule has 0 amide bonds. The second kappa shape index (κ2) is 7.24. The van der Waals surface area contributed by atoms with Gasteiger partial charge in [-0.25, -0.2) is 0 Å². The third-order valence-electron chi connectivity index (χ3n) is 5.63. The number of carbonyl (C=O) groups excluding carboxylic acids is 2. The normalized spacial score (nSPS) is 19.1. The third kappa shape index (κ3) is 3.52. The summed E-state index contributed by atoms with van der Waals surface area (Å²) in [5, 5.41) is 9.64. The summed E-state index contributed by atoms with van der Waals surface area (Å²) in [5.74, 6) is -0.399. The van der Waals surface area contributed by atoms with E-state index in [0.717, 1.165) is 24.0 Å². The van der Waals surface area contributed by atoms with E-state index in [1.807, 2.05) is 13.8 Å². The van der Waals surface area contributed by atoms with E-state index in [0.29, 0.717) is 24.5 Å². The Bertz CT molecular complexity index is 856. The van der Waals surface area contributed by atoms with Crippen LogP contribution < -0.4 is 0 Å². The fourth-order valence-corrected chi connectivity index (χ4v) is 3.65. The number of piperidine rings is 1. The van der Waals surface area contributed by atoms with Gasteiger partial charge in [0.05, 0.1) is 11.3 Å². The Morgan fingerprint density at radius 2 is 2.04 bits per heavy atom. The number of pyridine rings is 1. The van der Waals surface area contributed by atoms with Gasteiger partial charge in [0, 0.05) is 44.3 Å². The van der Waals surface area contributed by atoms with Gasteiger partial charge in [0.1, 0.15) is 17.3 Å². The molecule has 0 bridgehead atoms. The Balaban J connectivity index is 2.06. The van der Waals surface area contributed by atoms with E-state index in [2.05, 4.69) is 22.9 Å². The summed E-state index contributed by atoms with van der Waals surface area (Å²) in [7, 11) is 1.71. The highest BCUT2D eigenvalue weighted by Gasteiger charge is 2.35. The fraction of sp³-hybridized carbons (Fsp3) is 0.524. The maximum atomic E-state index is 12.5. The number of rotatable bonds is 4. The third-order valence-corrected chi connectivity index (χ3v) is 5.63. The number of ether oxygens (including phenoxy) is 1. The smallest absolute Gasteiger partial charge is 0.183 e. The van der Waals surface area contributed by atoms with E-state index in [1.54, 1.807) is 19.4 Å². The van der Waals surface area contributed by atoms with Gasteiger partial charge in [-0.05, 0) is 31.4 Å². The van der Waals surface area contributed by atoms with Crippen molar-refractivity contribution in [2.75, 3.05) is 20.2 Å². The number of likely N-dealkylation sites (tertiary alicyclic amines) is 1. The molecule has 2 heterocycles. The number of fused-ring (bicyclic) bond motifs is 1. The average molecular weight is 367 g/mol. The lowest BCUT2D eigenvalue weighted by Gasteiger charge is -2.41. The van der Waals surface area contributed by atoms with Crippen molar-refractivity contribution in [3.63, 3.8) is 0 Å². The van der Waals surface area contributed by atoms with E-state index in [1.165, 1.54) is 0 Å². The number of ketones is 2. The van der Waals surface area contributed by atoms with E-state index in [9.17, 15) is 14.9 Å². The van der Waals surface area contributed by atoms with Crippen molar-refractivity contribution in [3.8, 4) is 6.07 Å². The number of hydrogen-bond donors (Lipinski definition) is 0. The van der Waals surface area contributed by atoms with Crippen LogP contribution >= 0.6 is 0 Å². The van der Waals surface area contributed by atoms with Crippen LogP contribution in [-0.4, -0.2) is 47.3 Å². The van der Waals surface area contributed by atoms with Gasteiger partial charge in [-0.2, -0.15) is 5.26 Å². The van der Waals surface area contributed by atoms with Crippen molar-refractivity contribution < 1.29 is 14.3 Å². The van der Waals surface area contributed by atoms with Crippen molar-refractivity contribution in [1.29, 1.82) is 5.26 Å². The first-order chi connectivity index (χ1) is 12.8. The van der Waals surface area contributed by atoms with E-state index < -0.39 is 0 Å². The van der Waals surface area contributed by atoms with Gasteiger partial charge in [0.25, 0.3) is 0 Å². The topological polar surface area (TPSA) is 83.3 Å². The van der Waals surface area contributed by atoms with Gasteiger partial charge < -0.3 is 9.64 Å². The number of nitriles is 1.